The number of aromatic hydroxyl groups is 1. The molecule has 1 aromatic carbocycles. The van der Waals surface area contributed by atoms with Crippen LogP contribution in [-0.2, 0) is 0 Å². The number of nitrogens with one attached hydrogen (secondary N) is 1. The first-order chi connectivity index (χ1) is 18.4. The van der Waals surface area contributed by atoms with E-state index < -0.39 is 5.82 Å². The summed E-state index contributed by atoms with van der Waals surface area (Å²) in [7, 11) is 2.18. The first kappa shape index (κ1) is 24.4. The Bertz CT molecular complexity index is 1520. The Labute approximate surface area is 220 Å². The van der Waals surface area contributed by atoms with Gasteiger partial charge >= 0.3 is 0 Å². The lowest BCUT2D eigenvalue weighted by molar-refractivity contribution is 0.0978. The molecule has 4 aromatic rings. The van der Waals surface area contributed by atoms with Crippen LogP contribution in [0.5, 0.6) is 5.75 Å². The van der Waals surface area contributed by atoms with Crippen molar-refractivity contribution in [3.05, 3.63) is 47.4 Å². The summed E-state index contributed by atoms with van der Waals surface area (Å²) in [5, 5.41) is 27.8. The number of piperazine rings is 1. The topological polar surface area (TPSA) is 108 Å². The third-order valence-electron chi connectivity index (χ3n) is 7.88. The van der Waals surface area contributed by atoms with Crippen LogP contribution in [0.25, 0.3) is 33.6 Å². The van der Waals surface area contributed by atoms with Crippen molar-refractivity contribution in [1.29, 1.82) is 5.26 Å². The van der Waals surface area contributed by atoms with Crippen LogP contribution in [0, 0.1) is 24.1 Å². The van der Waals surface area contributed by atoms with Gasteiger partial charge in [-0.15, -0.1) is 0 Å². The van der Waals surface area contributed by atoms with E-state index in [4.69, 9.17) is 4.42 Å². The Morgan fingerprint density at radius 3 is 2.58 bits per heavy atom. The van der Waals surface area contributed by atoms with Crippen LogP contribution in [0.3, 0.4) is 0 Å². The van der Waals surface area contributed by atoms with Gasteiger partial charge in [0.05, 0.1) is 27.9 Å². The maximum absolute atomic E-state index is 14.9. The van der Waals surface area contributed by atoms with E-state index in [0.717, 1.165) is 64.1 Å². The number of aromatic amines is 1. The number of H-pyrrole nitrogens is 1. The van der Waals surface area contributed by atoms with Gasteiger partial charge in [-0.1, -0.05) is 0 Å². The minimum Gasteiger partial charge on any atom is -0.508 e. The molecular formula is C28H30FN7O2. The monoisotopic (exact) mass is 515 g/mol. The van der Waals surface area contributed by atoms with E-state index >= 15 is 0 Å². The van der Waals surface area contributed by atoms with Gasteiger partial charge < -0.3 is 19.3 Å². The fraction of sp³-hybridized carbons (Fsp3) is 0.393. The third-order valence-corrected chi connectivity index (χ3v) is 7.88. The Hall–Kier alpha value is -3.94. The van der Waals surface area contributed by atoms with Crippen molar-refractivity contribution in [3.63, 3.8) is 0 Å². The lowest BCUT2D eigenvalue weighted by Crippen LogP contribution is -2.52. The van der Waals surface area contributed by atoms with E-state index in [1.807, 2.05) is 19.1 Å². The molecule has 10 heteroatoms. The number of phenolic OH excluding ortho intramolecular Hbond substituents is 1. The number of nitrogens with zero attached hydrogens (tertiary/aromatic N) is 6. The normalized spacial score (nSPS) is 17.8. The molecule has 196 valence electrons. The first-order valence-electron chi connectivity index (χ1n) is 13.0. The van der Waals surface area contributed by atoms with E-state index in [-0.39, 0.29) is 22.6 Å². The number of nitriles is 1. The summed E-state index contributed by atoms with van der Waals surface area (Å²) in [6.45, 7) is 8.10. The van der Waals surface area contributed by atoms with E-state index in [2.05, 4.69) is 43.0 Å². The molecule has 9 nitrogen and oxygen atoms in total. The van der Waals surface area contributed by atoms with Crippen LogP contribution < -0.4 is 4.90 Å². The number of aromatic nitrogens is 3. The summed E-state index contributed by atoms with van der Waals surface area (Å²) in [6, 6.07) is 10.4. The summed E-state index contributed by atoms with van der Waals surface area (Å²) in [5.41, 5.74) is 2.12. The Kier molecular flexibility index (Phi) is 6.26. The van der Waals surface area contributed by atoms with Crippen LogP contribution in [0.1, 0.15) is 24.1 Å². The third kappa shape index (κ3) is 4.27. The van der Waals surface area contributed by atoms with Crippen LogP contribution in [0.2, 0.25) is 0 Å². The molecule has 0 atom stereocenters. The zero-order valence-corrected chi connectivity index (χ0v) is 21.5. The Morgan fingerprint density at radius 2 is 1.87 bits per heavy atom. The second-order valence-electron chi connectivity index (χ2n) is 10.2. The fourth-order valence-corrected chi connectivity index (χ4v) is 5.73. The highest BCUT2D eigenvalue weighted by Crippen LogP contribution is 2.40. The number of hydrogen-bond acceptors (Lipinski definition) is 8. The van der Waals surface area contributed by atoms with Gasteiger partial charge in [-0.05, 0) is 45.0 Å². The SMILES string of the molecule is Cc1n[nH]c2nc(-c3ccc(O)cc3F)c(C#N)c(-c3ccc(N4CCC(N5CCN(C)CC5)CC4)o3)c12. The summed E-state index contributed by atoms with van der Waals surface area (Å²) in [4.78, 5) is 11.8. The zero-order valence-electron chi connectivity index (χ0n) is 21.5. The average molecular weight is 516 g/mol. The molecule has 2 aliphatic heterocycles. The molecule has 0 amide bonds. The number of benzene rings is 1. The van der Waals surface area contributed by atoms with Crippen molar-refractivity contribution < 1.29 is 13.9 Å². The number of furan rings is 1. The second kappa shape index (κ2) is 9.74. The van der Waals surface area contributed by atoms with E-state index in [1.54, 1.807) is 0 Å². The number of piperidine rings is 1. The van der Waals surface area contributed by atoms with Crippen molar-refractivity contribution >= 4 is 16.9 Å². The van der Waals surface area contributed by atoms with E-state index in [9.17, 15) is 14.8 Å². The standard InChI is InChI=1S/C28H30FN7O2/c1-17-25-26(21(16-30)27(31-28(25)33-32-17)20-4-3-19(37)15-22(20)29)23-5-6-24(38-23)36-9-7-18(8-10-36)35-13-11-34(2)12-14-35/h3-6,15,18,37H,7-14H2,1-2H3,(H,31,32,33). The molecule has 2 saturated heterocycles. The zero-order chi connectivity index (χ0) is 26.4. The van der Waals surface area contributed by atoms with Gasteiger partial charge in [0.1, 0.15) is 23.4 Å². The molecule has 2 N–H and O–H groups in total. The minimum absolute atomic E-state index is 0.118. The van der Waals surface area contributed by atoms with Gasteiger partial charge in [-0.2, -0.15) is 10.4 Å². The van der Waals surface area contributed by atoms with Crippen LogP contribution in [0.15, 0.2) is 34.7 Å². The van der Waals surface area contributed by atoms with Crippen molar-refractivity contribution in [2.45, 2.75) is 25.8 Å². The van der Waals surface area contributed by atoms with Crippen LogP contribution >= 0.6 is 0 Å². The molecule has 38 heavy (non-hydrogen) atoms. The van der Waals surface area contributed by atoms with Crippen molar-refractivity contribution in [2.75, 3.05) is 51.2 Å². The highest BCUT2D eigenvalue weighted by atomic mass is 19.1. The van der Waals surface area contributed by atoms with Gasteiger partial charge in [0.25, 0.3) is 0 Å². The number of fused-ring (bicyclic) bond motifs is 1. The molecule has 3 aromatic heterocycles. The highest BCUT2D eigenvalue weighted by Gasteiger charge is 2.29. The Balaban J connectivity index is 1.33. The van der Waals surface area contributed by atoms with Gasteiger partial charge in [-0.3, -0.25) is 10.00 Å². The molecule has 2 aliphatic rings. The highest BCUT2D eigenvalue weighted by molar-refractivity contribution is 5.99. The quantitative estimate of drug-likeness (QED) is 0.418. The number of hydrogen-bond donors (Lipinski definition) is 2. The van der Waals surface area contributed by atoms with Crippen LogP contribution in [0.4, 0.5) is 10.3 Å². The maximum atomic E-state index is 14.9. The molecule has 5 heterocycles. The van der Waals surface area contributed by atoms with Crippen molar-refractivity contribution in [2.24, 2.45) is 0 Å². The molecular weight excluding hydrogens is 485 g/mol. The summed E-state index contributed by atoms with van der Waals surface area (Å²) < 4.78 is 21.2. The summed E-state index contributed by atoms with van der Waals surface area (Å²) in [6.07, 6.45) is 2.15. The van der Waals surface area contributed by atoms with Crippen LogP contribution in [-0.4, -0.2) is 82.4 Å². The van der Waals surface area contributed by atoms with Gasteiger partial charge in [0.2, 0.25) is 0 Å². The molecule has 0 unspecified atom stereocenters. The number of anilines is 1. The number of rotatable bonds is 4. The minimum atomic E-state index is -0.668. The summed E-state index contributed by atoms with van der Waals surface area (Å²) in [5.74, 6) is 0.397. The maximum Gasteiger partial charge on any atom is 0.196 e. The van der Waals surface area contributed by atoms with E-state index in [1.165, 1.54) is 12.1 Å². The molecule has 0 spiro atoms. The molecule has 2 fully saturated rings. The van der Waals surface area contributed by atoms with Crippen molar-refractivity contribution in [3.8, 4) is 34.4 Å². The number of pyridine rings is 1. The lowest BCUT2D eigenvalue weighted by Gasteiger charge is -2.42. The molecule has 0 bridgehead atoms. The molecule has 0 radical (unpaired) electrons. The largest absolute Gasteiger partial charge is 0.508 e. The van der Waals surface area contributed by atoms with Crippen molar-refractivity contribution in [1.82, 2.24) is 25.0 Å². The number of phenols is 1. The number of halogens is 1. The fourth-order valence-electron chi connectivity index (χ4n) is 5.73. The van der Waals surface area contributed by atoms with Gasteiger partial charge in [0, 0.05) is 63.0 Å². The number of likely N-dealkylation sites (N-methyl/N-ethyl adjacent to an activating group) is 1. The average Bonchev–Trinajstić information content (AvgIpc) is 3.55. The lowest BCUT2D eigenvalue weighted by atomic mass is 9.96. The van der Waals surface area contributed by atoms with Gasteiger partial charge in [0.15, 0.2) is 11.5 Å². The summed E-state index contributed by atoms with van der Waals surface area (Å²) >= 11 is 0. The second-order valence-corrected chi connectivity index (χ2v) is 10.2. The number of aryl methyl sites for hydroxylation is 1. The smallest absolute Gasteiger partial charge is 0.196 e. The predicted octanol–water partition coefficient (Wildman–Crippen LogP) is 4.13. The Morgan fingerprint density at radius 1 is 1.11 bits per heavy atom. The molecule has 6 rings (SSSR count). The van der Waals surface area contributed by atoms with Gasteiger partial charge in [-0.25, -0.2) is 9.37 Å². The molecule has 0 saturated carbocycles. The predicted molar refractivity (Wildman–Crippen MR) is 142 cm³/mol. The molecule has 0 aliphatic carbocycles. The van der Waals surface area contributed by atoms with E-state index in [0.29, 0.717) is 34.1 Å². The first-order valence-corrected chi connectivity index (χ1v) is 13.0.